The Bertz CT molecular complexity index is 1620. The zero-order valence-electron chi connectivity index (χ0n) is 22.8. The average molecular weight is 567 g/mol. The van der Waals surface area contributed by atoms with Gasteiger partial charge in [-0.1, -0.05) is 93.0 Å². The van der Waals surface area contributed by atoms with Crippen LogP contribution in [-0.4, -0.2) is 11.7 Å². The quantitative estimate of drug-likeness (QED) is 0.269. The van der Waals surface area contributed by atoms with Gasteiger partial charge in [0.2, 0.25) is 0 Å². The minimum atomic E-state index is -0.661. The third kappa shape index (κ3) is 4.78. The first kappa shape index (κ1) is 26.5. The first-order chi connectivity index (χ1) is 19.2. The van der Waals surface area contributed by atoms with Crippen molar-refractivity contribution < 1.29 is 9.59 Å². The van der Waals surface area contributed by atoms with Crippen LogP contribution in [0.1, 0.15) is 71.9 Å². The SMILES string of the molecule is CC(C)(C)c1ccc(C2CC(=O)C3=C(C2)Nc2ccccc2N(C(=O)c2cccs2)C3c2ccccc2Cl)cc1. The Morgan fingerprint density at radius 3 is 2.35 bits per heavy atom. The molecule has 3 aromatic carbocycles. The van der Waals surface area contributed by atoms with Crippen molar-refractivity contribution in [3.05, 3.63) is 128 Å². The topological polar surface area (TPSA) is 49.4 Å². The van der Waals surface area contributed by atoms with E-state index in [2.05, 4.69) is 50.4 Å². The number of hydrogen-bond acceptors (Lipinski definition) is 4. The van der Waals surface area contributed by atoms with E-state index in [0.717, 1.165) is 28.2 Å². The van der Waals surface area contributed by atoms with E-state index in [9.17, 15) is 9.59 Å². The van der Waals surface area contributed by atoms with Crippen LogP contribution in [0.4, 0.5) is 11.4 Å². The van der Waals surface area contributed by atoms with Gasteiger partial charge in [0.1, 0.15) is 0 Å². The van der Waals surface area contributed by atoms with Gasteiger partial charge in [0.15, 0.2) is 5.78 Å². The predicted molar refractivity (Wildman–Crippen MR) is 165 cm³/mol. The fourth-order valence-corrected chi connectivity index (χ4v) is 6.71. The number of rotatable bonds is 3. The highest BCUT2D eigenvalue weighted by Gasteiger charge is 2.42. The van der Waals surface area contributed by atoms with Crippen LogP contribution in [0.2, 0.25) is 5.02 Å². The molecule has 4 aromatic rings. The molecule has 2 atom stereocenters. The van der Waals surface area contributed by atoms with Gasteiger partial charge >= 0.3 is 0 Å². The lowest BCUT2D eigenvalue weighted by atomic mass is 9.77. The lowest BCUT2D eigenvalue weighted by molar-refractivity contribution is -0.116. The maximum Gasteiger partial charge on any atom is 0.269 e. The number of benzene rings is 3. The second-order valence-electron chi connectivity index (χ2n) is 11.5. The normalized spacial score (nSPS) is 19.0. The van der Waals surface area contributed by atoms with Crippen molar-refractivity contribution in [1.82, 2.24) is 0 Å². The maximum atomic E-state index is 14.2. The van der Waals surface area contributed by atoms with Gasteiger partial charge in [-0.3, -0.25) is 14.5 Å². The van der Waals surface area contributed by atoms with Crippen LogP contribution in [-0.2, 0) is 10.2 Å². The number of thiophene rings is 1. The molecule has 1 N–H and O–H groups in total. The third-order valence-corrected chi connectivity index (χ3v) is 9.09. The number of ketones is 1. The Morgan fingerprint density at radius 2 is 1.65 bits per heavy atom. The molecule has 0 saturated heterocycles. The summed E-state index contributed by atoms with van der Waals surface area (Å²) >= 11 is 8.19. The Hall–Kier alpha value is -3.67. The fraction of sp³-hybridized carbons (Fsp3) is 0.235. The molecule has 2 unspecified atom stereocenters. The van der Waals surface area contributed by atoms with E-state index in [4.69, 9.17) is 11.6 Å². The van der Waals surface area contributed by atoms with E-state index in [1.54, 1.807) is 4.90 Å². The highest BCUT2D eigenvalue weighted by atomic mass is 35.5. The summed E-state index contributed by atoms with van der Waals surface area (Å²) < 4.78 is 0. The van der Waals surface area contributed by atoms with E-state index in [0.29, 0.717) is 28.3 Å². The van der Waals surface area contributed by atoms with Crippen molar-refractivity contribution >= 4 is 46.0 Å². The monoisotopic (exact) mass is 566 g/mol. The number of hydrogen-bond donors (Lipinski definition) is 1. The molecule has 0 bridgehead atoms. The number of fused-ring (bicyclic) bond motifs is 1. The fourth-order valence-electron chi connectivity index (χ4n) is 5.81. The van der Waals surface area contributed by atoms with Crippen LogP contribution in [0.3, 0.4) is 0 Å². The Balaban J connectivity index is 1.51. The lowest BCUT2D eigenvalue weighted by Crippen LogP contribution is -2.38. The molecule has 4 nitrogen and oxygen atoms in total. The summed E-state index contributed by atoms with van der Waals surface area (Å²) in [6.07, 6.45) is 1.03. The van der Waals surface area contributed by atoms with Gasteiger partial charge in [0.25, 0.3) is 5.91 Å². The number of para-hydroxylation sites is 2. The van der Waals surface area contributed by atoms with Crippen molar-refractivity contribution in [2.24, 2.45) is 0 Å². The third-order valence-electron chi connectivity index (χ3n) is 7.89. The van der Waals surface area contributed by atoms with Gasteiger partial charge in [-0.25, -0.2) is 0 Å². The summed E-state index contributed by atoms with van der Waals surface area (Å²) in [7, 11) is 0. The van der Waals surface area contributed by atoms with E-state index >= 15 is 0 Å². The second-order valence-corrected chi connectivity index (χ2v) is 12.9. The highest BCUT2D eigenvalue weighted by molar-refractivity contribution is 7.12. The zero-order valence-corrected chi connectivity index (χ0v) is 24.4. The zero-order chi connectivity index (χ0) is 28.0. The van der Waals surface area contributed by atoms with E-state index in [1.165, 1.54) is 16.9 Å². The Morgan fingerprint density at radius 1 is 0.925 bits per heavy atom. The minimum absolute atomic E-state index is 0.0281. The summed E-state index contributed by atoms with van der Waals surface area (Å²) in [5.74, 6) is -0.0951. The molecule has 0 radical (unpaired) electrons. The second kappa shape index (κ2) is 10.4. The first-order valence-electron chi connectivity index (χ1n) is 13.6. The van der Waals surface area contributed by atoms with E-state index in [-0.39, 0.29) is 23.0 Å². The maximum absolute atomic E-state index is 14.2. The number of anilines is 2. The first-order valence-corrected chi connectivity index (χ1v) is 14.8. The van der Waals surface area contributed by atoms with Gasteiger partial charge in [-0.2, -0.15) is 0 Å². The molecule has 2 aliphatic rings. The number of Topliss-reactive ketones (excluding diaryl/α,β-unsaturated/α-hetero) is 1. The molecule has 2 heterocycles. The van der Waals surface area contributed by atoms with Crippen molar-refractivity contribution in [1.29, 1.82) is 0 Å². The number of nitrogens with zero attached hydrogens (tertiary/aromatic N) is 1. The van der Waals surface area contributed by atoms with Crippen LogP contribution in [0.25, 0.3) is 0 Å². The molecule has 6 rings (SSSR count). The smallest absolute Gasteiger partial charge is 0.269 e. The van der Waals surface area contributed by atoms with Gasteiger partial charge < -0.3 is 5.32 Å². The van der Waals surface area contributed by atoms with Crippen molar-refractivity contribution in [2.45, 2.75) is 51.0 Å². The number of nitrogens with one attached hydrogen (secondary N) is 1. The van der Waals surface area contributed by atoms with Crippen molar-refractivity contribution in [3.8, 4) is 0 Å². The highest BCUT2D eigenvalue weighted by Crippen LogP contribution is 2.49. The molecule has 1 aliphatic carbocycles. The molecule has 0 saturated carbocycles. The summed E-state index contributed by atoms with van der Waals surface area (Å²) in [5.41, 5.74) is 6.18. The van der Waals surface area contributed by atoms with Crippen LogP contribution in [0.15, 0.2) is 102 Å². The molecular formula is C34H31ClN2O2S. The van der Waals surface area contributed by atoms with Crippen LogP contribution >= 0.6 is 22.9 Å². The molecule has 40 heavy (non-hydrogen) atoms. The predicted octanol–water partition coefficient (Wildman–Crippen LogP) is 8.91. The van der Waals surface area contributed by atoms with Crippen LogP contribution in [0.5, 0.6) is 0 Å². The largest absolute Gasteiger partial charge is 0.357 e. The summed E-state index contributed by atoms with van der Waals surface area (Å²) in [6, 6.07) is 27.0. The van der Waals surface area contributed by atoms with Crippen molar-refractivity contribution in [2.75, 3.05) is 10.2 Å². The van der Waals surface area contributed by atoms with E-state index < -0.39 is 6.04 Å². The molecule has 1 aromatic heterocycles. The summed E-state index contributed by atoms with van der Waals surface area (Å²) in [5, 5.41) is 6.02. The van der Waals surface area contributed by atoms with Crippen LogP contribution < -0.4 is 10.2 Å². The number of carbonyl (C=O) groups is 2. The van der Waals surface area contributed by atoms with Gasteiger partial charge in [0, 0.05) is 22.7 Å². The summed E-state index contributed by atoms with van der Waals surface area (Å²) in [4.78, 5) is 30.8. The average Bonchev–Trinajstić information content (AvgIpc) is 3.43. The van der Waals surface area contributed by atoms with Crippen LogP contribution in [0, 0.1) is 0 Å². The van der Waals surface area contributed by atoms with Crippen molar-refractivity contribution in [3.63, 3.8) is 0 Å². The molecule has 0 fully saturated rings. The Kier molecular flexibility index (Phi) is 6.89. The molecule has 202 valence electrons. The molecule has 1 aliphatic heterocycles. The number of carbonyl (C=O) groups excluding carboxylic acids is 2. The summed E-state index contributed by atoms with van der Waals surface area (Å²) in [6.45, 7) is 6.61. The lowest BCUT2D eigenvalue weighted by Gasteiger charge is -2.35. The minimum Gasteiger partial charge on any atom is -0.357 e. The number of amides is 1. The van der Waals surface area contributed by atoms with Gasteiger partial charge in [0.05, 0.1) is 22.3 Å². The molecule has 0 spiro atoms. The van der Waals surface area contributed by atoms with Gasteiger partial charge in [-0.15, -0.1) is 11.3 Å². The molecule has 6 heteroatoms. The Labute approximate surface area is 244 Å². The number of halogens is 1. The van der Waals surface area contributed by atoms with Gasteiger partial charge in [-0.05, 0) is 64.1 Å². The molecular weight excluding hydrogens is 536 g/mol. The van der Waals surface area contributed by atoms with E-state index in [1.807, 2.05) is 66.0 Å². The molecule has 1 amide bonds. The standard InChI is InChI=1S/C34H31ClN2O2S/c1-34(2,3)23-16-14-21(15-17-23)22-19-27-31(29(38)20-22)32(24-9-4-5-10-25(24)35)37(33(39)30-13-8-18-40-30)28-12-7-6-11-26(28)36-27/h4-18,22,32,36H,19-20H2,1-3H3. The number of allylic oxidation sites excluding steroid dienone is 1.